The van der Waals surface area contributed by atoms with E-state index in [9.17, 15) is 23.2 Å². The zero-order valence-corrected chi connectivity index (χ0v) is 18.8. The minimum absolute atomic E-state index is 0.00160. The summed E-state index contributed by atoms with van der Waals surface area (Å²) in [5, 5.41) is 13.1. The first kappa shape index (κ1) is 23.4. The molecule has 3 amide bonds. The lowest BCUT2D eigenvalue weighted by atomic mass is 9.97. The molecule has 1 saturated heterocycles. The van der Waals surface area contributed by atoms with Crippen molar-refractivity contribution in [3.05, 3.63) is 75.7 Å². The van der Waals surface area contributed by atoms with Gasteiger partial charge in [0.15, 0.2) is 0 Å². The van der Waals surface area contributed by atoms with Crippen LogP contribution in [0.4, 0.5) is 14.5 Å². The largest absolute Gasteiger partial charge is 0.352 e. The van der Waals surface area contributed by atoms with E-state index < -0.39 is 17.6 Å². The Hall–Kier alpha value is -3.73. The first-order chi connectivity index (χ1) is 16.4. The summed E-state index contributed by atoms with van der Waals surface area (Å²) in [4.78, 5) is 39.4. The molecule has 0 radical (unpaired) electrons. The Morgan fingerprint density at radius 1 is 0.971 bits per heavy atom. The molecule has 0 saturated carbocycles. The van der Waals surface area contributed by atoms with E-state index in [1.54, 1.807) is 12.1 Å². The van der Waals surface area contributed by atoms with Gasteiger partial charge in [0.1, 0.15) is 11.6 Å². The second-order valence-corrected chi connectivity index (χ2v) is 8.79. The molecule has 0 aliphatic carbocycles. The summed E-state index contributed by atoms with van der Waals surface area (Å²) in [6.45, 7) is 0.967. The van der Waals surface area contributed by atoms with Crippen molar-refractivity contribution >= 4 is 34.7 Å². The molecule has 0 bridgehead atoms. The summed E-state index contributed by atoms with van der Waals surface area (Å²) in [7, 11) is 0. The minimum atomic E-state index is -0.556. The highest BCUT2D eigenvalue weighted by Crippen LogP contribution is 2.21. The number of carbonyl (C=O) groups is 3. The number of halogens is 2. The molecule has 11 heteroatoms. The Kier molecular flexibility index (Phi) is 7.21. The standard InChI is InChI=1S/C23H21F2N5O3S/c24-16-5-3-14(4-6-16)12-26-19(31)15-2-1-11-30(13-15)23(33)22-29-28-21(34-22)20(32)27-18-9-7-17(25)8-10-18/h3-10,15H,1-2,11-13H2,(H,26,31)(H,27,32)/t15-/m0/s1. The van der Waals surface area contributed by atoms with E-state index in [1.807, 2.05) is 0 Å². The van der Waals surface area contributed by atoms with Crippen LogP contribution in [0.25, 0.3) is 0 Å². The van der Waals surface area contributed by atoms with Crippen LogP contribution in [0.5, 0.6) is 0 Å². The Labute approximate surface area is 198 Å². The highest BCUT2D eigenvalue weighted by atomic mass is 32.1. The molecule has 0 unspecified atom stereocenters. The Balaban J connectivity index is 1.33. The van der Waals surface area contributed by atoms with Crippen LogP contribution in [0.1, 0.15) is 38.0 Å². The molecule has 2 heterocycles. The van der Waals surface area contributed by atoms with E-state index in [0.717, 1.165) is 16.9 Å². The molecule has 1 atom stereocenters. The molecule has 176 valence electrons. The zero-order chi connectivity index (χ0) is 24.1. The van der Waals surface area contributed by atoms with Crippen LogP contribution < -0.4 is 10.6 Å². The molecule has 1 aliphatic rings. The van der Waals surface area contributed by atoms with Crippen LogP contribution >= 0.6 is 11.3 Å². The number of piperidine rings is 1. The number of nitrogens with one attached hydrogen (secondary N) is 2. The van der Waals surface area contributed by atoms with Crippen molar-refractivity contribution in [2.24, 2.45) is 5.92 Å². The van der Waals surface area contributed by atoms with Crippen molar-refractivity contribution in [2.75, 3.05) is 18.4 Å². The van der Waals surface area contributed by atoms with Gasteiger partial charge in [-0.1, -0.05) is 23.5 Å². The van der Waals surface area contributed by atoms with Crippen molar-refractivity contribution in [3.8, 4) is 0 Å². The van der Waals surface area contributed by atoms with E-state index in [1.165, 1.54) is 41.3 Å². The highest BCUT2D eigenvalue weighted by Gasteiger charge is 2.30. The second-order valence-electron chi connectivity index (χ2n) is 7.81. The molecular formula is C23H21F2N5O3S. The topological polar surface area (TPSA) is 104 Å². The van der Waals surface area contributed by atoms with Crippen molar-refractivity contribution in [2.45, 2.75) is 19.4 Å². The fourth-order valence-electron chi connectivity index (χ4n) is 3.57. The van der Waals surface area contributed by atoms with Gasteiger partial charge in [-0.15, -0.1) is 10.2 Å². The highest BCUT2D eigenvalue weighted by molar-refractivity contribution is 7.15. The molecule has 4 rings (SSSR count). The van der Waals surface area contributed by atoms with Gasteiger partial charge >= 0.3 is 0 Å². The van der Waals surface area contributed by atoms with E-state index in [0.29, 0.717) is 25.1 Å². The Morgan fingerprint density at radius 2 is 1.62 bits per heavy atom. The number of carbonyl (C=O) groups excluding carboxylic acids is 3. The Morgan fingerprint density at radius 3 is 2.32 bits per heavy atom. The summed E-state index contributed by atoms with van der Waals surface area (Å²) in [5.74, 6) is -2.28. The number of aromatic nitrogens is 2. The smallest absolute Gasteiger partial charge is 0.286 e. The molecule has 8 nitrogen and oxygen atoms in total. The molecule has 2 N–H and O–H groups in total. The van der Waals surface area contributed by atoms with Crippen LogP contribution in [-0.2, 0) is 11.3 Å². The van der Waals surface area contributed by atoms with Crippen molar-refractivity contribution in [1.29, 1.82) is 0 Å². The third-order valence-electron chi connectivity index (χ3n) is 5.36. The maximum absolute atomic E-state index is 13.0. The number of anilines is 1. The molecule has 1 aromatic heterocycles. The monoisotopic (exact) mass is 485 g/mol. The van der Waals surface area contributed by atoms with E-state index in [2.05, 4.69) is 20.8 Å². The van der Waals surface area contributed by atoms with E-state index in [4.69, 9.17) is 0 Å². The van der Waals surface area contributed by atoms with E-state index in [-0.39, 0.29) is 40.7 Å². The summed E-state index contributed by atoms with van der Waals surface area (Å²) in [6, 6.07) is 11.1. The zero-order valence-electron chi connectivity index (χ0n) is 18.0. The number of benzene rings is 2. The number of hydrogen-bond acceptors (Lipinski definition) is 6. The average molecular weight is 486 g/mol. The second kappa shape index (κ2) is 10.5. The van der Waals surface area contributed by atoms with Crippen LogP contribution in [-0.4, -0.2) is 45.9 Å². The quantitative estimate of drug-likeness (QED) is 0.558. The van der Waals surface area contributed by atoms with E-state index >= 15 is 0 Å². The lowest BCUT2D eigenvalue weighted by molar-refractivity contribution is -0.126. The predicted octanol–water partition coefficient (Wildman–Crippen LogP) is 3.24. The van der Waals surface area contributed by atoms with Gasteiger partial charge in [-0.3, -0.25) is 14.4 Å². The predicted molar refractivity (Wildman–Crippen MR) is 121 cm³/mol. The lowest BCUT2D eigenvalue weighted by Crippen LogP contribution is -2.45. The van der Waals surface area contributed by atoms with Crippen molar-refractivity contribution in [3.63, 3.8) is 0 Å². The molecule has 1 aliphatic heterocycles. The average Bonchev–Trinajstić information content (AvgIpc) is 3.35. The first-order valence-corrected chi connectivity index (χ1v) is 11.4. The number of hydrogen-bond donors (Lipinski definition) is 2. The fourth-order valence-corrected chi connectivity index (χ4v) is 4.27. The molecule has 3 aromatic rings. The molecule has 0 spiro atoms. The number of amides is 3. The van der Waals surface area contributed by atoms with Crippen LogP contribution in [0.3, 0.4) is 0 Å². The number of rotatable bonds is 6. The van der Waals surface area contributed by atoms with Gasteiger partial charge in [0, 0.05) is 25.3 Å². The van der Waals surface area contributed by atoms with Gasteiger partial charge in [-0.05, 0) is 54.8 Å². The van der Waals surface area contributed by atoms with Gasteiger partial charge in [-0.25, -0.2) is 8.78 Å². The fraction of sp³-hybridized carbons (Fsp3) is 0.261. The maximum atomic E-state index is 13.0. The minimum Gasteiger partial charge on any atom is -0.352 e. The van der Waals surface area contributed by atoms with Gasteiger partial charge in [0.05, 0.1) is 5.92 Å². The van der Waals surface area contributed by atoms with Crippen molar-refractivity contribution < 1.29 is 23.2 Å². The van der Waals surface area contributed by atoms with Crippen LogP contribution in [0.2, 0.25) is 0 Å². The SMILES string of the molecule is O=C(Nc1ccc(F)cc1)c1nnc(C(=O)N2CCC[C@H](C(=O)NCc3ccc(F)cc3)C2)s1. The first-order valence-electron chi connectivity index (χ1n) is 10.6. The van der Waals surface area contributed by atoms with Crippen LogP contribution in [0, 0.1) is 17.6 Å². The summed E-state index contributed by atoms with van der Waals surface area (Å²) < 4.78 is 26.0. The third kappa shape index (κ3) is 5.79. The van der Waals surface area contributed by atoms with Gasteiger partial charge < -0.3 is 15.5 Å². The molecular weight excluding hydrogens is 464 g/mol. The third-order valence-corrected chi connectivity index (χ3v) is 6.27. The summed E-state index contributed by atoms with van der Waals surface area (Å²) >= 11 is 0.853. The van der Waals surface area contributed by atoms with Gasteiger partial charge in [0.25, 0.3) is 11.8 Å². The summed E-state index contributed by atoms with van der Waals surface area (Å²) in [6.07, 6.45) is 1.29. The van der Waals surface area contributed by atoms with Crippen LogP contribution in [0.15, 0.2) is 48.5 Å². The Bertz CT molecular complexity index is 1180. The molecule has 1 fully saturated rings. The van der Waals surface area contributed by atoms with Crippen molar-refractivity contribution in [1.82, 2.24) is 20.4 Å². The van der Waals surface area contributed by atoms with Gasteiger partial charge in [0.2, 0.25) is 15.9 Å². The number of nitrogens with zero attached hydrogens (tertiary/aromatic N) is 3. The maximum Gasteiger partial charge on any atom is 0.286 e. The summed E-state index contributed by atoms with van der Waals surface area (Å²) in [5.41, 5.74) is 1.17. The van der Waals surface area contributed by atoms with Gasteiger partial charge in [-0.2, -0.15) is 0 Å². The normalized spacial score (nSPS) is 15.6. The number of likely N-dealkylation sites (tertiary alicyclic amines) is 1. The molecule has 34 heavy (non-hydrogen) atoms. The molecule has 2 aromatic carbocycles. The lowest BCUT2D eigenvalue weighted by Gasteiger charge is -2.31.